The molecule has 1 aliphatic carbocycles. The zero-order valence-corrected chi connectivity index (χ0v) is 23.1. The first-order valence-corrected chi connectivity index (χ1v) is 15.1. The molecule has 1 unspecified atom stereocenters. The van der Waals surface area contributed by atoms with Gasteiger partial charge in [-0.3, -0.25) is 4.79 Å². The minimum atomic E-state index is -3.70. The summed E-state index contributed by atoms with van der Waals surface area (Å²) in [7, 11) is -2.30. The van der Waals surface area contributed by atoms with E-state index in [0.717, 1.165) is 55.6 Å². The highest BCUT2D eigenvalue weighted by atomic mass is 35.5. The van der Waals surface area contributed by atoms with Gasteiger partial charge in [-0.05, 0) is 72.9 Å². The van der Waals surface area contributed by atoms with Gasteiger partial charge in [0, 0.05) is 17.5 Å². The predicted octanol–water partition coefficient (Wildman–Crippen LogP) is 7.24. The van der Waals surface area contributed by atoms with Gasteiger partial charge in [-0.2, -0.15) is 0 Å². The molecule has 3 rings (SSSR count). The number of sulfonamides is 1. The third-order valence-electron chi connectivity index (χ3n) is 7.40. The van der Waals surface area contributed by atoms with Crippen LogP contribution in [0.5, 0.6) is 0 Å². The predicted molar refractivity (Wildman–Crippen MR) is 146 cm³/mol. The molecule has 0 aliphatic heterocycles. The summed E-state index contributed by atoms with van der Waals surface area (Å²) in [5.41, 5.74) is 2.11. The van der Waals surface area contributed by atoms with Gasteiger partial charge in [-0.1, -0.05) is 81.3 Å². The SMILES string of the molecule is CCCCCC1CCC(C(NS(=O)(=O)c2ccc(Cl)cc2)c2ccc(CCCC(=O)OC)cc2)CC1. The van der Waals surface area contributed by atoms with Crippen molar-refractivity contribution in [3.8, 4) is 0 Å². The van der Waals surface area contributed by atoms with Crippen LogP contribution in [0.3, 0.4) is 0 Å². The lowest BCUT2D eigenvalue weighted by atomic mass is 9.75. The van der Waals surface area contributed by atoms with Crippen molar-refractivity contribution in [1.82, 2.24) is 4.72 Å². The van der Waals surface area contributed by atoms with Gasteiger partial charge in [0.15, 0.2) is 0 Å². The molecule has 0 heterocycles. The first kappa shape index (κ1) is 28.7. The topological polar surface area (TPSA) is 72.5 Å². The Hall–Kier alpha value is -1.89. The van der Waals surface area contributed by atoms with Crippen LogP contribution in [-0.2, 0) is 26.0 Å². The van der Waals surface area contributed by atoms with E-state index in [-0.39, 0.29) is 22.8 Å². The maximum absolute atomic E-state index is 13.3. The Balaban J connectivity index is 1.74. The molecule has 2 aromatic rings. The Morgan fingerprint density at radius 3 is 2.28 bits per heavy atom. The number of nitrogens with one attached hydrogen (secondary N) is 1. The van der Waals surface area contributed by atoms with Crippen molar-refractivity contribution in [2.75, 3.05) is 7.11 Å². The van der Waals surface area contributed by atoms with Crippen molar-refractivity contribution in [1.29, 1.82) is 0 Å². The lowest BCUT2D eigenvalue weighted by Gasteiger charge is -2.34. The van der Waals surface area contributed by atoms with Crippen LogP contribution in [0.1, 0.15) is 88.3 Å². The fraction of sp³-hybridized carbons (Fsp3) is 0.552. The summed E-state index contributed by atoms with van der Waals surface area (Å²) >= 11 is 5.98. The van der Waals surface area contributed by atoms with Gasteiger partial charge in [0.1, 0.15) is 0 Å². The molecule has 1 N–H and O–H groups in total. The number of carbonyl (C=O) groups is 1. The van der Waals surface area contributed by atoms with E-state index in [1.54, 1.807) is 24.3 Å². The highest BCUT2D eigenvalue weighted by Gasteiger charge is 2.32. The summed E-state index contributed by atoms with van der Waals surface area (Å²) < 4.78 is 34.4. The fourth-order valence-electron chi connectivity index (χ4n) is 5.21. The number of benzene rings is 2. The Kier molecular flexibility index (Phi) is 11.3. The van der Waals surface area contributed by atoms with E-state index in [0.29, 0.717) is 11.4 Å². The molecule has 1 atom stereocenters. The van der Waals surface area contributed by atoms with Crippen LogP contribution in [0.15, 0.2) is 53.4 Å². The first-order chi connectivity index (χ1) is 17.3. The maximum atomic E-state index is 13.3. The second-order valence-electron chi connectivity index (χ2n) is 10.0. The number of aryl methyl sites for hydroxylation is 1. The van der Waals surface area contributed by atoms with Crippen LogP contribution in [0.25, 0.3) is 0 Å². The highest BCUT2D eigenvalue weighted by molar-refractivity contribution is 7.89. The number of unbranched alkanes of at least 4 members (excludes halogenated alkanes) is 2. The largest absolute Gasteiger partial charge is 0.469 e. The third kappa shape index (κ3) is 8.60. The summed E-state index contributed by atoms with van der Waals surface area (Å²) in [5.74, 6) is 0.798. The minimum absolute atomic E-state index is 0.200. The van der Waals surface area contributed by atoms with Crippen LogP contribution in [0.2, 0.25) is 5.02 Å². The average molecular weight is 534 g/mol. The molecular weight excluding hydrogens is 494 g/mol. The molecular formula is C29H40ClNO4S. The van der Waals surface area contributed by atoms with E-state index in [2.05, 4.69) is 11.6 Å². The van der Waals surface area contributed by atoms with Crippen LogP contribution < -0.4 is 4.72 Å². The van der Waals surface area contributed by atoms with Gasteiger partial charge in [-0.25, -0.2) is 13.1 Å². The average Bonchev–Trinajstić information content (AvgIpc) is 2.88. The number of halogens is 1. The standard InChI is InChI=1S/C29H40ClNO4S/c1-3-4-5-7-22-10-14-24(15-11-22)29(31-36(33,34)27-20-18-26(30)19-21-27)25-16-12-23(13-17-25)8-6-9-28(32)35-2/h12-13,16-22,24,29,31H,3-11,14-15H2,1-2H3. The van der Waals surface area contributed by atoms with Gasteiger partial charge < -0.3 is 4.74 Å². The van der Waals surface area contributed by atoms with Crippen LogP contribution in [0, 0.1) is 11.8 Å². The number of hydrogen-bond acceptors (Lipinski definition) is 4. The molecule has 0 aromatic heterocycles. The molecule has 1 fully saturated rings. The van der Waals surface area contributed by atoms with Crippen LogP contribution in [-0.4, -0.2) is 21.5 Å². The molecule has 2 aromatic carbocycles. The van der Waals surface area contributed by atoms with E-state index >= 15 is 0 Å². The Bertz CT molecular complexity index is 1050. The van der Waals surface area contributed by atoms with Gasteiger partial charge in [0.05, 0.1) is 12.0 Å². The Labute approximate surface area is 222 Å². The number of methoxy groups -OCH3 is 1. The minimum Gasteiger partial charge on any atom is -0.469 e. The van der Waals surface area contributed by atoms with Crippen molar-refractivity contribution in [2.45, 2.75) is 88.5 Å². The summed E-state index contributed by atoms with van der Waals surface area (Å²) in [4.78, 5) is 11.6. The normalized spacial score (nSPS) is 19.1. The van der Waals surface area contributed by atoms with E-state index in [4.69, 9.17) is 16.3 Å². The van der Waals surface area contributed by atoms with Gasteiger partial charge in [-0.15, -0.1) is 0 Å². The lowest BCUT2D eigenvalue weighted by Crippen LogP contribution is -2.35. The second kappa shape index (κ2) is 14.2. The van der Waals surface area contributed by atoms with Crippen molar-refractivity contribution < 1.29 is 17.9 Å². The van der Waals surface area contributed by atoms with Crippen molar-refractivity contribution >= 4 is 27.6 Å². The van der Waals surface area contributed by atoms with Crippen molar-refractivity contribution in [3.05, 3.63) is 64.7 Å². The van der Waals surface area contributed by atoms with Crippen molar-refractivity contribution in [3.63, 3.8) is 0 Å². The Morgan fingerprint density at radius 2 is 1.67 bits per heavy atom. The van der Waals surface area contributed by atoms with E-state index < -0.39 is 10.0 Å². The first-order valence-electron chi connectivity index (χ1n) is 13.3. The van der Waals surface area contributed by atoms with Crippen molar-refractivity contribution in [2.24, 2.45) is 11.8 Å². The third-order valence-corrected chi connectivity index (χ3v) is 9.11. The zero-order chi connectivity index (χ0) is 26.0. The number of rotatable bonds is 13. The van der Waals surface area contributed by atoms with Gasteiger partial charge >= 0.3 is 5.97 Å². The van der Waals surface area contributed by atoms with E-state index in [1.165, 1.54) is 32.8 Å². The molecule has 0 spiro atoms. The molecule has 5 nitrogen and oxygen atoms in total. The zero-order valence-electron chi connectivity index (χ0n) is 21.5. The Morgan fingerprint density at radius 1 is 1.00 bits per heavy atom. The number of carbonyl (C=O) groups excluding carboxylic acids is 1. The van der Waals surface area contributed by atoms with Gasteiger partial charge in [0.2, 0.25) is 10.0 Å². The van der Waals surface area contributed by atoms with Gasteiger partial charge in [0.25, 0.3) is 0 Å². The molecule has 7 heteroatoms. The molecule has 36 heavy (non-hydrogen) atoms. The summed E-state index contributed by atoms with van der Waals surface area (Å²) in [5, 5.41) is 0.509. The summed E-state index contributed by atoms with van der Waals surface area (Å²) in [6, 6.07) is 14.2. The molecule has 0 radical (unpaired) electrons. The quantitative estimate of drug-likeness (QED) is 0.217. The number of hydrogen-bond donors (Lipinski definition) is 1. The fourth-order valence-corrected chi connectivity index (χ4v) is 6.63. The molecule has 0 bridgehead atoms. The van der Waals surface area contributed by atoms with E-state index in [1.807, 2.05) is 24.3 Å². The monoisotopic (exact) mass is 533 g/mol. The summed E-state index contributed by atoms with van der Waals surface area (Å²) in [6.45, 7) is 2.23. The molecule has 0 amide bonds. The number of esters is 1. The van der Waals surface area contributed by atoms with Crippen LogP contribution in [0.4, 0.5) is 0 Å². The molecule has 198 valence electrons. The molecule has 1 saturated carbocycles. The maximum Gasteiger partial charge on any atom is 0.305 e. The smallest absolute Gasteiger partial charge is 0.305 e. The second-order valence-corrected chi connectivity index (χ2v) is 12.2. The lowest BCUT2D eigenvalue weighted by molar-refractivity contribution is -0.140. The molecule has 1 aliphatic rings. The summed E-state index contributed by atoms with van der Waals surface area (Å²) in [6.07, 6.45) is 11.3. The molecule has 0 saturated heterocycles. The highest BCUT2D eigenvalue weighted by Crippen LogP contribution is 2.39. The van der Waals surface area contributed by atoms with Crippen LogP contribution >= 0.6 is 11.6 Å². The number of ether oxygens (including phenoxy) is 1. The van der Waals surface area contributed by atoms with E-state index in [9.17, 15) is 13.2 Å².